The highest BCUT2D eigenvalue weighted by molar-refractivity contribution is 5.90. The molecule has 0 amide bonds. The first-order valence-electron chi connectivity index (χ1n) is 2.96. The Bertz CT molecular complexity index is 306. The minimum absolute atomic E-state index is 0.0833. The highest BCUT2D eigenvalue weighted by Gasteiger charge is 2.15. The number of aromatic nitrogens is 2. The average Bonchev–Trinajstić information content (AvgIpc) is 2.17. The highest BCUT2D eigenvalue weighted by Crippen LogP contribution is 2.14. The van der Waals surface area contributed by atoms with Gasteiger partial charge in [0, 0.05) is 14.0 Å². The van der Waals surface area contributed by atoms with E-state index in [1.54, 1.807) is 0 Å². The molecular weight excluding hydrogens is 151 g/mol. The van der Waals surface area contributed by atoms with Gasteiger partial charge in [-0.1, -0.05) is 0 Å². The van der Waals surface area contributed by atoms with Crippen molar-refractivity contribution in [3.63, 3.8) is 0 Å². The molecule has 0 fully saturated rings. The van der Waals surface area contributed by atoms with Crippen molar-refractivity contribution >= 4 is 5.78 Å². The molecule has 5 heteroatoms. The summed E-state index contributed by atoms with van der Waals surface area (Å²) in [6.45, 7) is 1.25. The zero-order valence-corrected chi connectivity index (χ0v) is 6.13. The summed E-state index contributed by atoms with van der Waals surface area (Å²) >= 11 is 0. The molecule has 0 atom stereocenters. The predicted octanol–water partition coefficient (Wildman–Crippen LogP) is 0.467. The summed E-state index contributed by atoms with van der Waals surface area (Å²) in [7, 11) is 1.36. The van der Waals surface area contributed by atoms with Gasteiger partial charge in [0.05, 0.1) is 0 Å². The number of rotatable bonds is 1. The summed E-state index contributed by atoms with van der Waals surface area (Å²) in [5, 5.41) is 8.85. The topological polar surface area (TPSA) is 55.1 Å². The Hall–Kier alpha value is -1.39. The Kier molecular flexibility index (Phi) is 1.64. The quantitative estimate of drug-likeness (QED) is 0.604. The Morgan fingerprint density at radius 3 is 2.45 bits per heavy atom. The molecule has 11 heavy (non-hydrogen) atoms. The zero-order valence-electron chi connectivity index (χ0n) is 6.13. The standard InChI is InChI=1S/C6H7FN2O2/c1-3(10)5-8-4(7)6(11)9(5)2/h11H,1-2H3. The minimum atomic E-state index is -1.02. The lowest BCUT2D eigenvalue weighted by atomic mass is 10.4. The van der Waals surface area contributed by atoms with E-state index in [0.29, 0.717) is 0 Å². The third-order valence-corrected chi connectivity index (χ3v) is 1.34. The average molecular weight is 158 g/mol. The second-order valence-corrected chi connectivity index (χ2v) is 2.17. The lowest BCUT2D eigenvalue weighted by Crippen LogP contribution is -2.02. The predicted molar refractivity (Wildman–Crippen MR) is 34.8 cm³/mol. The van der Waals surface area contributed by atoms with Gasteiger partial charge in [-0.05, 0) is 0 Å². The number of halogens is 1. The van der Waals surface area contributed by atoms with Gasteiger partial charge in [-0.15, -0.1) is 0 Å². The number of ketones is 1. The van der Waals surface area contributed by atoms with E-state index in [1.165, 1.54) is 14.0 Å². The van der Waals surface area contributed by atoms with Gasteiger partial charge in [-0.2, -0.15) is 9.37 Å². The summed E-state index contributed by atoms with van der Waals surface area (Å²) in [6, 6.07) is 0. The van der Waals surface area contributed by atoms with Gasteiger partial charge in [0.1, 0.15) is 0 Å². The van der Waals surface area contributed by atoms with Crippen LogP contribution in [0.2, 0.25) is 0 Å². The van der Waals surface area contributed by atoms with Gasteiger partial charge in [-0.25, -0.2) is 0 Å². The van der Waals surface area contributed by atoms with Crippen LogP contribution < -0.4 is 0 Å². The van der Waals surface area contributed by atoms with Crippen molar-refractivity contribution in [3.05, 3.63) is 11.8 Å². The first-order valence-corrected chi connectivity index (χ1v) is 2.96. The van der Waals surface area contributed by atoms with E-state index < -0.39 is 11.8 Å². The molecule has 1 N–H and O–H groups in total. The maximum absolute atomic E-state index is 12.4. The molecular formula is C6H7FN2O2. The van der Waals surface area contributed by atoms with Gasteiger partial charge in [0.15, 0.2) is 11.6 Å². The second kappa shape index (κ2) is 2.34. The SMILES string of the molecule is CC(=O)c1nc(F)c(O)n1C. The fraction of sp³-hybridized carbons (Fsp3) is 0.333. The van der Waals surface area contributed by atoms with Crippen molar-refractivity contribution in [2.24, 2.45) is 7.05 Å². The number of carbonyl (C=O) groups excluding carboxylic acids is 1. The number of nitrogens with zero attached hydrogens (tertiary/aromatic N) is 2. The molecule has 1 rings (SSSR count). The Morgan fingerprint density at radius 1 is 1.73 bits per heavy atom. The monoisotopic (exact) mass is 158 g/mol. The lowest BCUT2D eigenvalue weighted by Gasteiger charge is -1.94. The summed E-state index contributed by atoms with van der Waals surface area (Å²) in [4.78, 5) is 13.9. The van der Waals surface area contributed by atoms with Gasteiger partial charge in [0.25, 0.3) is 5.95 Å². The van der Waals surface area contributed by atoms with Crippen molar-refractivity contribution in [1.29, 1.82) is 0 Å². The number of imidazole rings is 1. The summed E-state index contributed by atoms with van der Waals surface area (Å²) < 4.78 is 13.4. The molecule has 1 aromatic rings. The van der Waals surface area contributed by atoms with E-state index in [9.17, 15) is 9.18 Å². The number of aromatic hydroxyl groups is 1. The van der Waals surface area contributed by atoms with Crippen molar-refractivity contribution < 1.29 is 14.3 Å². The van der Waals surface area contributed by atoms with Gasteiger partial charge in [-0.3, -0.25) is 9.36 Å². The normalized spacial score (nSPS) is 10.1. The van der Waals surface area contributed by atoms with E-state index in [2.05, 4.69) is 4.98 Å². The summed E-state index contributed by atoms with van der Waals surface area (Å²) in [6.07, 6.45) is 0. The molecule has 0 aliphatic rings. The molecule has 0 unspecified atom stereocenters. The van der Waals surface area contributed by atoms with Crippen LogP contribution in [0.1, 0.15) is 17.5 Å². The maximum Gasteiger partial charge on any atom is 0.275 e. The maximum atomic E-state index is 12.4. The molecule has 1 aromatic heterocycles. The smallest absolute Gasteiger partial charge is 0.275 e. The summed E-state index contributed by atoms with van der Waals surface area (Å²) in [5.41, 5.74) is 0. The van der Waals surface area contributed by atoms with Crippen LogP contribution in [0, 0.1) is 5.95 Å². The Labute approximate surface area is 62.3 Å². The Morgan fingerprint density at radius 2 is 2.27 bits per heavy atom. The van der Waals surface area contributed by atoms with E-state index in [0.717, 1.165) is 4.57 Å². The van der Waals surface area contributed by atoms with Crippen molar-refractivity contribution in [3.8, 4) is 5.88 Å². The molecule has 0 saturated heterocycles. The molecule has 4 nitrogen and oxygen atoms in total. The molecule has 0 aliphatic carbocycles. The number of hydrogen-bond acceptors (Lipinski definition) is 3. The van der Waals surface area contributed by atoms with E-state index in [-0.39, 0.29) is 11.6 Å². The van der Waals surface area contributed by atoms with Crippen LogP contribution >= 0.6 is 0 Å². The van der Waals surface area contributed by atoms with Gasteiger partial charge in [0.2, 0.25) is 5.88 Å². The van der Waals surface area contributed by atoms with Crippen LogP contribution in [-0.2, 0) is 7.05 Å². The molecule has 0 spiro atoms. The first-order chi connectivity index (χ1) is 5.04. The molecule has 0 aromatic carbocycles. The third-order valence-electron chi connectivity index (χ3n) is 1.34. The van der Waals surface area contributed by atoms with Gasteiger partial charge >= 0.3 is 0 Å². The van der Waals surface area contributed by atoms with E-state index in [4.69, 9.17) is 5.11 Å². The second-order valence-electron chi connectivity index (χ2n) is 2.17. The van der Waals surface area contributed by atoms with Crippen molar-refractivity contribution in [2.45, 2.75) is 6.92 Å². The lowest BCUT2D eigenvalue weighted by molar-refractivity contribution is 0.0999. The third kappa shape index (κ3) is 1.09. The molecule has 0 bridgehead atoms. The minimum Gasteiger partial charge on any atom is -0.491 e. The van der Waals surface area contributed by atoms with Gasteiger partial charge < -0.3 is 5.11 Å². The number of carbonyl (C=O) groups is 1. The van der Waals surface area contributed by atoms with Crippen molar-refractivity contribution in [2.75, 3.05) is 0 Å². The van der Waals surface area contributed by atoms with Crippen LogP contribution in [0.3, 0.4) is 0 Å². The molecule has 0 aliphatic heterocycles. The highest BCUT2D eigenvalue weighted by atomic mass is 19.1. The number of hydrogen-bond donors (Lipinski definition) is 1. The van der Waals surface area contributed by atoms with Crippen LogP contribution in [0.5, 0.6) is 5.88 Å². The van der Waals surface area contributed by atoms with Crippen LogP contribution in [0.25, 0.3) is 0 Å². The summed E-state index contributed by atoms with van der Waals surface area (Å²) in [5.74, 6) is -2.10. The molecule has 0 saturated carbocycles. The number of Topliss-reactive ketones (excluding diaryl/α,β-unsaturated/α-hetero) is 1. The van der Waals surface area contributed by atoms with Crippen LogP contribution in [-0.4, -0.2) is 20.4 Å². The first kappa shape index (κ1) is 7.71. The van der Waals surface area contributed by atoms with Crippen LogP contribution in [0.15, 0.2) is 0 Å². The molecule has 1 heterocycles. The largest absolute Gasteiger partial charge is 0.491 e. The Balaban J connectivity index is 3.29. The van der Waals surface area contributed by atoms with Crippen LogP contribution in [0.4, 0.5) is 4.39 Å². The van der Waals surface area contributed by atoms with Crippen molar-refractivity contribution in [1.82, 2.24) is 9.55 Å². The van der Waals surface area contributed by atoms with E-state index in [1.807, 2.05) is 0 Å². The fourth-order valence-electron chi connectivity index (χ4n) is 0.772. The zero-order chi connectivity index (χ0) is 8.59. The van der Waals surface area contributed by atoms with E-state index >= 15 is 0 Å². The fourth-order valence-corrected chi connectivity index (χ4v) is 0.772. The molecule has 0 radical (unpaired) electrons. The molecule has 60 valence electrons.